The fourth-order valence-corrected chi connectivity index (χ4v) is 4.43. The van der Waals surface area contributed by atoms with E-state index in [2.05, 4.69) is 11.0 Å². The molecule has 4 rings (SSSR count). The molecule has 0 aromatic heterocycles. The average molecular weight is 354 g/mol. The van der Waals surface area contributed by atoms with Crippen LogP contribution in [0.5, 0.6) is 0 Å². The molecular formula is C21H23FN2O2. The van der Waals surface area contributed by atoms with E-state index in [1.807, 2.05) is 30.0 Å². The van der Waals surface area contributed by atoms with Crippen LogP contribution in [0, 0.1) is 5.82 Å². The summed E-state index contributed by atoms with van der Waals surface area (Å²) >= 11 is 0. The quantitative estimate of drug-likeness (QED) is 0.918. The summed E-state index contributed by atoms with van der Waals surface area (Å²) in [6, 6.07) is 14.7. The van der Waals surface area contributed by atoms with Gasteiger partial charge >= 0.3 is 0 Å². The minimum atomic E-state index is -0.250. The zero-order valence-corrected chi connectivity index (χ0v) is 14.8. The molecule has 136 valence electrons. The average Bonchev–Trinajstić information content (AvgIpc) is 2.67. The highest BCUT2D eigenvalue weighted by Gasteiger charge is 2.52. The molecule has 1 amide bonds. The highest BCUT2D eigenvalue weighted by molar-refractivity contribution is 5.95. The Morgan fingerprint density at radius 2 is 1.92 bits per heavy atom. The lowest BCUT2D eigenvalue weighted by atomic mass is 9.71. The summed E-state index contributed by atoms with van der Waals surface area (Å²) < 4.78 is 13.2. The van der Waals surface area contributed by atoms with Crippen LogP contribution in [0.1, 0.15) is 30.4 Å². The van der Waals surface area contributed by atoms with Crippen molar-refractivity contribution in [2.45, 2.75) is 37.9 Å². The van der Waals surface area contributed by atoms with Gasteiger partial charge in [-0.15, -0.1) is 0 Å². The number of para-hydroxylation sites is 1. The third-order valence-corrected chi connectivity index (χ3v) is 5.71. The van der Waals surface area contributed by atoms with Crippen molar-refractivity contribution in [2.75, 3.05) is 18.1 Å². The van der Waals surface area contributed by atoms with Crippen molar-refractivity contribution in [1.29, 1.82) is 0 Å². The Kier molecular flexibility index (Phi) is 4.51. The van der Waals surface area contributed by atoms with E-state index in [1.54, 1.807) is 12.1 Å². The Labute approximate surface area is 152 Å². The number of aliphatic hydroxyl groups is 1. The van der Waals surface area contributed by atoms with Gasteiger partial charge < -0.3 is 10.0 Å². The first-order valence-electron chi connectivity index (χ1n) is 9.14. The van der Waals surface area contributed by atoms with Gasteiger partial charge in [-0.25, -0.2) is 4.39 Å². The summed E-state index contributed by atoms with van der Waals surface area (Å²) in [6.07, 6.45) is 0.465. The van der Waals surface area contributed by atoms with Gasteiger partial charge in [0.1, 0.15) is 5.82 Å². The van der Waals surface area contributed by atoms with Gasteiger partial charge in [-0.05, 0) is 29.3 Å². The summed E-state index contributed by atoms with van der Waals surface area (Å²) in [5.74, 6) is 0.0860. The van der Waals surface area contributed by atoms with Crippen LogP contribution in [0.25, 0.3) is 0 Å². The summed E-state index contributed by atoms with van der Waals surface area (Å²) in [4.78, 5) is 16.6. The number of halogens is 1. The summed E-state index contributed by atoms with van der Waals surface area (Å²) in [5.41, 5.74) is 3.12. The number of rotatable bonds is 4. The lowest BCUT2D eigenvalue weighted by Crippen LogP contribution is -2.68. The van der Waals surface area contributed by atoms with Crippen molar-refractivity contribution in [3.8, 4) is 0 Å². The van der Waals surface area contributed by atoms with Crippen LogP contribution in [0.3, 0.4) is 0 Å². The maximum absolute atomic E-state index is 13.2. The number of amides is 1. The molecule has 0 spiro atoms. The van der Waals surface area contributed by atoms with Crippen LogP contribution in [-0.2, 0) is 11.3 Å². The molecule has 0 aliphatic carbocycles. The SMILES string of the molecule is CCC(=O)N1C[C@@H]2[C@H](c3ccccc31)[C@H](CO)N2Cc1ccc(F)cc1. The van der Waals surface area contributed by atoms with Gasteiger partial charge in [0.25, 0.3) is 0 Å². The second-order valence-corrected chi connectivity index (χ2v) is 7.06. The number of likely N-dealkylation sites (tertiary alicyclic amines) is 1. The van der Waals surface area contributed by atoms with Gasteiger partial charge in [-0.2, -0.15) is 0 Å². The molecule has 2 aliphatic rings. The number of anilines is 1. The lowest BCUT2D eigenvalue weighted by molar-refractivity contribution is -0.119. The zero-order valence-electron chi connectivity index (χ0n) is 14.8. The maximum atomic E-state index is 13.2. The third kappa shape index (κ3) is 2.72. The van der Waals surface area contributed by atoms with Crippen molar-refractivity contribution in [1.82, 2.24) is 4.90 Å². The Balaban J connectivity index is 1.65. The molecule has 0 saturated carbocycles. The molecule has 1 N–H and O–H groups in total. The summed E-state index contributed by atoms with van der Waals surface area (Å²) in [5, 5.41) is 9.98. The third-order valence-electron chi connectivity index (χ3n) is 5.71. The molecule has 4 nitrogen and oxygen atoms in total. The smallest absolute Gasteiger partial charge is 0.226 e. The van der Waals surface area contributed by atoms with Crippen molar-refractivity contribution in [3.05, 3.63) is 65.5 Å². The molecule has 2 heterocycles. The minimum Gasteiger partial charge on any atom is -0.395 e. The van der Waals surface area contributed by atoms with Gasteiger partial charge in [-0.3, -0.25) is 9.69 Å². The first kappa shape index (κ1) is 17.2. The Morgan fingerprint density at radius 3 is 2.62 bits per heavy atom. The normalized spacial score (nSPS) is 24.6. The molecule has 3 atom stereocenters. The predicted molar refractivity (Wildman–Crippen MR) is 98.4 cm³/mol. The predicted octanol–water partition coefficient (Wildman–Crippen LogP) is 2.91. The van der Waals surface area contributed by atoms with Gasteiger partial charge in [-0.1, -0.05) is 37.3 Å². The van der Waals surface area contributed by atoms with Crippen LogP contribution >= 0.6 is 0 Å². The van der Waals surface area contributed by atoms with Crippen molar-refractivity contribution in [3.63, 3.8) is 0 Å². The lowest BCUT2D eigenvalue weighted by Gasteiger charge is -2.59. The molecule has 26 heavy (non-hydrogen) atoms. The number of carbonyl (C=O) groups is 1. The molecule has 0 bridgehead atoms. The highest BCUT2D eigenvalue weighted by atomic mass is 19.1. The first-order chi connectivity index (χ1) is 12.6. The number of carbonyl (C=O) groups excluding carboxylic acids is 1. The van der Waals surface area contributed by atoms with Gasteiger partial charge in [0.2, 0.25) is 5.91 Å². The van der Waals surface area contributed by atoms with Crippen LogP contribution in [0.15, 0.2) is 48.5 Å². The summed E-state index contributed by atoms with van der Waals surface area (Å²) in [7, 11) is 0. The Bertz CT molecular complexity index is 808. The first-order valence-corrected chi connectivity index (χ1v) is 9.14. The zero-order chi connectivity index (χ0) is 18.3. The fraction of sp³-hybridized carbons (Fsp3) is 0.381. The highest BCUT2D eigenvalue weighted by Crippen LogP contribution is 2.48. The van der Waals surface area contributed by atoms with E-state index in [-0.39, 0.29) is 36.3 Å². The van der Waals surface area contributed by atoms with E-state index in [0.29, 0.717) is 19.5 Å². The standard InChI is InChI=1S/C21H23FN2O2/c1-2-20(26)24-12-18-21(16-5-3-4-6-17(16)24)19(13-25)23(18)11-14-7-9-15(22)10-8-14/h3-10,18-19,21,25H,2,11-13H2,1H3/t18-,19+,21+/m1/s1. The van der Waals surface area contributed by atoms with Crippen LogP contribution in [0.2, 0.25) is 0 Å². The largest absolute Gasteiger partial charge is 0.395 e. The van der Waals surface area contributed by atoms with Crippen LogP contribution < -0.4 is 4.90 Å². The number of hydrogen-bond donors (Lipinski definition) is 1. The van der Waals surface area contributed by atoms with E-state index < -0.39 is 0 Å². The molecular weight excluding hydrogens is 331 g/mol. The fourth-order valence-electron chi connectivity index (χ4n) is 4.43. The monoisotopic (exact) mass is 354 g/mol. The molecule has 5 heteroatoms. The van der Waals surface area contributed by atoms with E-state index in [4.69, 9.17) is 0 Å². The van der Waals surface area contributed by atoms with Crippen molar-refractivity contribution >= 4 is 11.6 Å². The molecule has 2 aromatic rings. The topological polar surface area (TPSA) is 43.8 Å². The molecule has 2 aliphatic heterocycles. The number of fused-ring (bicyclic) bond motifs is 3. The van der Waals surface area contributed by atoms with E-state index in [1.165, 1.54) is 12.1 Å². The van der Waals surface area contributed by atoms with E-state index in [0.717, 1.165) is 16.8 Å². The Hall–Kier alpha value is -2.24. The number of benzene rings is 2. The van der Waals surface area contributed by atoms with Crippen molar-refractivity contribution in [2.24, 2.45) is 0 Å². The second kappa shape index (κ2) is 6.82. The molecule has 1 saturated heterocycles. The number of aliphatic hydroxyl groups excluding tert-OH is 1. The van der Waals surface area contributed by atoms with E-state index in [9.17, 15) is 14.3 Å². The molecule has 1 fully saturated rings. The summed E-state index contributed by atoms with van der Waals surface area (Å²) in [6.45, 7) is 3.22. The van der Waals surface area contributed by atoms with Crippen molar-refractivity contribution < 1.29 is 14.3 Å². The number of hydrogen-bond acceptors (Lipinski definition) is 3. The molecule has 0 unspecified atom stereocenters. The maximum Gasteiger partial charge on any atom is 0.226 e. The second-order valence-electron chi connectivity index (χ2n) is 7.06. The van der Waals surface area contributed by atoms with Gasteiger partial charge in [0.15, 0.2) is 0 Å². The Morgan fingerprint density at radius 1 is 1.19 bits per heavy atom. The molecule has 0 radical (unpaired) electrons. The number of nitrogens with zero attached hydrogens (tertiary/aromatic N) is 2. The minimum absolute atomic E-state index is 0.0186. The van der Waals surface area contributed by atoms with Gasteiger partial charge in [0, 0.05) is 43.2 Å². The van der Waals surface area contributed by atoms with Gasteiger partial charge in [0.05, 0.1) is 6.61 Å². The van der Waals surface area contributed by atoms with E-state index >= 15 is 0 Å². The van der Waals surface area contributed by atoms with Crippen LogP contribution in [-0.4, -0.2) is 41.1 Å². The van der Waals surface area contributed by atoms with Crippen LogP contribution in [0.4, 0.5) is 10.1 Å². The molecule has 2 aromatic carbocycles.